The maximum absolute atomic E-state index is 13.1. The second-order valence-electron chi connectivity index (χ2n) is 3.11. The van der Waals surface area contributed by atoms with E-state index in [-0.39, 0.29) is 24.6 Å². The van der Waals surface area contributed by atoms with Gasteiger partial charge in [0.25, 0.3) is 0 Å². The average molecular weight is 212 g/mol. The molecule has 15 heavy (non-hydrogen) atoms. The second kappa shape index (κ2) is 5.31. The van der Waals surface area contributed by atoms with Crippen LogP contribution < -0.4 is 11.1 Å². The molecule has 1 aromatic carbocycles. The van der Waals surface area contributed by atoms with E-state index < -0.39 is 5.82 Å². The number of carbonyl (C=O) groups is 1. The van der Waals surface area contributed by atoms with E-state index in [0.717, 1.165) is 0 Å². The number of aliphatic hydroxyl groups excluding tert-OH is 1. The summed E-state index contributed by atoms with van der Waals surface area (Å²) in [6.45, 7) is -0.0627. The standard InChI is InChI=1S/C10H13FN2O2/c11-8-4-3-7(12)6-9(8)13-10(15)2-1-5-14/h3-4,6,14H,1-2,5,12H2,(H,13,15). The van der Waals surface area contributed by atoms with Gasteiger partial charge in [0, 0.05) is 18.7 Å². The smallest absolute Gasteiger partial charge is 0.224 e. The Morgan fingerprint density at radius 3 is 2.93 bits per heavy atom. The number of aliphatic hydroxyl groups is 1. The molecule has 1 amide bonds. The maximum atomic E-state index is 13.1. The van der Waals surface area contributed by atoms with Crippen LogP contribution in [0.3, 0.4) is 0 Å². The van der Waals surface area contributed by atoms with Crippen molar-refractivity contribution in [2.24, 2.45) is 0 Å². The van der Waals surface area contributed by atoms with Crippen molar-refractivity contribution in [2.45, 2.75) is 12.8 Å². The van der Waals surface area contributed by atoms with Gasteiger partial charge in [-0.25, -0.2) is 4.39 Å². The topological polar surface area (TPSA) is 75.3 Å². The number of benzene rings is 1. The molecule has 1 aromatic rings. The second-order valence-corrected chi connectivity index (χ2v) is 3.11. The minimum Gasteiger partial charge on any atom is -0.399 e. The Morgan fingerprint density at radius 2 is 2.27 bits per heavy atom. The first-order valence-corrected chi connectivity index (χ1v) is 4.59. The highest BCUT2D eigenvalue weighted by Gasteiger charge is 2.06. The van der Waals surface area contributed by atoms with E-state index in [1.54, 1.807) is 0 Å². The van der Waals surface area contributed by atoms with Crippen LogP contribution in [0.25, 0.3) is 0 Å². The van der Waals surface area contributed by atoms with E-state index in [4.69, 9.17) is 10.8 Å². The van der Waals surface area contributed by atoms with Crippen LogP contribution in [0.2, 0.25) is 0 Å². The zero-order valence-electron chi connectivity index (χ0n) is 8.16. The van der Waals surface area contributed by atoms with Crippen molar-refractivity contribution in [1.29, 1.82) is 0 Å². The maximum Gasteiger partial charge on any atom is 0.224 e. The number of anilines is 2. The Balaban J connectivity index is 2.63. The summed E-state index contributed by atoms with van der Waals surface area (Å²) in [6.07, 6.45) is 0.514. The summed E-state index contributed by atoms with van der Waals surface area (Å²) in [5, 5.41) is 10.9. The zero-order valence-corrected chi connectivity index (χ0v) is 8.16. The third-order valence-corrected chi connectivity index (χ3v) is 1.83. The van der Waals surface area contributed by atoms with E-state index in [1.165, 1.54) is 18.2 Å². The van der Waals surface area contributed by atoms with Gasteiger partial charge in [0.2, 0.25) is 5.91 Å². The van der Waals surface area contributed by atoms with Crippen LogP contribution in [0.15, 0.2) is 18.2 Å². The van der Waals surface area contributed by atoms with Crippen LogP contribution in [-0.2, 0) is 4.79 Å². The van der Waals surface area contributed by atoms with E-state index in [1.807, 2.05) is 0 Å². The molecule has 0 fully saturated rings. The summed E-state index contributed by atoms with van der Waals surface area (Å²) in [4.78, 5) is 11.2. The summed E-state index contributed by atoms with van der Waals surface area (Å²) in [5.74, 6) is -0.866. The number of nitrogens with two attached hydrogens (primary N) is 1. The molecule has 4 N–H and O–H groups in total. The first kappa shape index (κ1) is 11.5. The molecule has 4 nitrogen and oxygen atoms in total. The van der Waals surface area contributed by atoms with Gasteiger partial charge in [-0.2, -0.15) is 0 Å². The van der Waals surface area contributed by atoms with Gasteiger partial charge < -0.3 is 16.2 Å². The van der Waals surface area contributed by atoms with Crippen LogP contribution in [0.4, 0.5) is 15.8 Å². The first-order chi connectivity index (χ1) is 7.13. The van der Waals surface area contributed by atoms with E-state index in [9.17, 15) is 9.18 Å². The zero-order chi connectivity index (χ0) is 11.3. The lowest BCUT2D eigenvalue weighted by Gasteiger charge is -2.06. The molecule has 0 unspecified atom stereocenters. The number of nitrogen functional groups attached to an aromatic ring is 1. The molecule has 0 saturated heterocycles. The number of halogens is 1. The molecule has 0 aliphatic rings. The Morgan fingerprint density at radius 1 is 1.53 bits per heavy atom. The molecule has 5 heteroatoms. The number of amides is 1. The molecule has 82 valence electrons. The molecular weight excluding hydrogens is 199 g/mol. The average Bonchev–Trinajstić information content (AvgIpc) is 2.20. The van der Waals surface area contributed by atoms with Gasteiger partial charge in [0.05, 0.1) is 5.69 Å². The predicted molar refractivity (Wildman–Crippen MR) is 55.8 cm³/mol. The molecule has 0 spiro atoms. The molecule has 0 aromatic heterocycles. The number of carbonyl (C=O) groups excluding carboxylic acids is 1. The van der Waals surface area contributed by atoms with Crippen molar-refractivity contribution >= 4 is 17.3 Å². The van der Waals surface area contributed by atoms with Crippen LogP contribution in [0, 0.1) is 5.82 Å². The van der Waals surface area contributed by atoms with Gasteiger partial charge in [0.1, 0.15) is 5.82 Å². The fraction of sp³-hybridized carbons (Fsp3) is 0.300. The third-order valence-electron chi connectivity index (χ3n) is 1.83. The largest absolute Gasteiger partial charge is 0.399 e. The summed E-state index contributed by atoms with van der Waals surface area (Å²) >= 11 is 0. The van der Waals surface area contributed by atoms with Crippen LogP contribution in [0.5, 0.6) is 0 Å². The number of hydrogen-bond donors (Lipinski definition) is 3. The highest BCUT2D eigenvalue weighted by Crippen LogP contribution is 2.17. The lowest BCUT2D eigenvalue weighted by atomic mass is 10.2. The van der Waals surface area contributed by atoms with Crippen LogP contribution >= 0.6 is 0 Å². The molecule has 0 bridgehead atoms. The van der Waals surface area contributed by atoms with Gasteiger partial charge in [-0.3, -0.25) is 4.79 Å². The van der Waals surface area contributed by atoms with Crippen molar-refractivity contribution in [3.63, 3.8) is 0 Å². The van der Waals surface area contributed by atoms with E-state index >= 15 is 0 Å². The van der Waals surface area contributed by atoms with Gasteiger partial charge in [-0.05, 0) is 24.6 Å². The highest BCUT2D eigenvalue weighted by molar-refractivity contribution is 5.91. The van der Waals surface area contributed by atoms with Gasteiger partial charge in [-0.15, -0.1) is 0 Å². The quantitative estimate of drug-likeness (QED) is 0.654. The lowest BCUT2D eigenvalue weighted by Crippen LogP contribution is -2.13. The normalized spacial score (nSPS) is 10.0. The van der Waals surface area contributed by atoms with Crippen LogP contribution in [-0.4, -0.2) is 17.6 Å². The molecule has 0 heterocycles. The Labute approximate surface area is 86.9 Å². The minimum absolute atomic E-state index is 0.0627. The Hall–Kier alpha value is -1.62. The number of hydrogen-bond acceptors (Lipinski definition) is 3. The molecule has 0 atom stereocenters. The third kappa shape index (κ3) is 3.55. The van der Waals surface area contributed by atoms with Gasteiger partial charge >= 0.3 is 0 Å². The van der Waals surface area contributed by atoms with Crippen molar-refractivity contribution < 1.29 is 14.3 Å². The van der Waals surface area contributed by atoms with E-state index in [0.29, 0.717) is 12.1 Å². The monoisotopic (exact) mass is 212 g/mol. The fourth-order valence-corrected chi connectivity index (χ4v) is 1.09. The lowest BCUT2D eigenvalue weighted by molar-refractivity contribution is -0.116. The van der Waals surface area contributed by atoms with Crippen molar-refractivity contribution in [3.05, 3.63) is 24.0 Å². The Kier molecular flexibility index (Phi) is 4.05. The van der Waals surface area contributed by atoms with Crippen LogP contribution in [0.1, 0.15) is 12.8 Å². The van der Waals surface area contributed by atoms with Gasteiger partial charge in [0.15, 0.2) is 0 Å². The first-order valence-electron chi connectivity index (χ1n) is 4.59. The molecule has 0 aliphatic heterocycles. The van der Waals surface area contributed by atoms with Crippen molar-refractivity contribution in [3.8, 4) is 0 Å². The molecule has 0 saturated carbocycles. The van der Waals surface area contributed by atoms with E-state index in [2.05, 4.69) is 5.32 Å². The Bertz CT molecular complexity index is 355. The van der Waals surface area contributed by atoms with Crippen molar-refractivity contribution in [2.75, 3.05) is 17.7 Å². The van der Waals surface area contributed by atoms with Gasteiger partial charge in [-0.1, -0.05) is 0 Å². The summed E-state index contributed by atoms with van der Waals surface area (Å²) < 4.78 is 13.1. The molecule has 0 aliphatic carbocycles. The molecule has 1 rings (SSSR count). The molecular formula is C10H13FN2O2. The predicted octanol–water partition coefficient (Wildman–Crippen LogP) is 1.12. The fourth-order valence-electron chi connectivity index (χ4n) is 1.09. The SMILES string of the molecule is Nc1ccc(F)c(NC(=O)CCCO)c1. The summed E-state index contributed by atoms with van der Waals surface area (Å²) in [5.41, 5.74) is 5.90. The summed E-state index contributed by atoms with van der Waals surface area (Å²) in [6, 6.07) is 3.96. The molecule has 0 radical (unpaired) electrons. The minimum atomic E-state index is -0.526. The summed E-state index contributed by atoms with van der Waals surface area (Å²) in [7, 11) is 0. The number of nitrogens with one attached hydrogen (secondary N) is 1. The highest BCUT2D eigenvalue weighted by atomic mass is 19.1. The number of rotatable bonds is 4. The van der Waals surface area contributed by atoms with Crippen molar-refractivity contribution in [1.82, 2.24) is 0 Å².